The number of hydrogen-bond acceptors (Lipinski definition) is 4. The van der Waals surface area contributed by atoms with Crippen LogP contribution in [0.2, 0.25) is 0 Å². The first kappa shape index (κ1) is 27.5. The highest BCUT2D eigenvalue weighted by Crippen LogP contribution is 2.16. The van der Waals surface area contributed by atoms with Crippen LogP contribution in [0.15, 0.2) is 78.9 Å². The molecule has 0 radical (unpaired) electrons. The van der Waals surface area contributed by atoms with E-state index in [9.17, 15) is 14.4 Å². The fourth-order valence-electron chi connectivity index (χ4n) is 4.07. The number of carbonyl (C=O) groups is 3. The highest BCUT2D eigenvalue weighted by molar-refractivity contribution is 5.98. The molecule has 0 saturated carbocycles. The van der Waals surface area contributed by atoms with Crippen molar-refractivity contribution in [2.45, 2.75) is 33.2 Å². The Balaban J connectivity index is 1.57. The highest BCUT2D eigenvalue weighted by Gasteiger charge is 2.15. The summed E-state index contributed by atoms with van der Waals surface area (Å²) in [6.45, 7) is 6.07. The van der Waals surface area contributed by atoms with Crippen molar-refractivity contribution in [2.24, 2.45) is 0 Å². The quantitative estimate of drug-likeness (QED) is 0.355. The number of benzene rings is 3. The van der Waals surface area contributed by atoms with Gasteiger partial charge in [0.2, 0.25) is 5.91 Å². The molecule has 0 unspecified atom stereocenters. The zero-order chi connectivity index (χ0) is 26.6. The first-order valence-electron chi connectivity index (χ1n) is 12.7. The zero-order valence-electron chi connectivity index (χ0n) is 21.9. The van der Waals surface area contributed by atoms with Crippen LogP contribution in [0.1, 0.15) is 53.0 Å². The van der Waals surface area contributed by atoms with Crippen LogP contribution in [0, 0.1) is 0 Å². The average Bonchev–Trinajstić information content (AvgIpc) is 2.92. The third-order valence-corrected chi connectivity index (χ3v) is 5.84. The minimum atomic E-state index is -0.252. The van der Waals surface area contributed by atoms with Crippen LogP contribution < -0.4 is 10.6 Å². The molecule has 7 heteroatoms. The Bertz CT molecular complexity index is 1190. The van der Waals surface area contributed by atoms with E-state index in [1.165, 1.54) is 0 Å². The van der Waals surface area contributed by atoms with Crippen molar-refractivity contribution >= 4 is 29.1 Å². The van der Waals surface area contributed by atoms with E-state index in [1.54, 1.807) is 48.3 Å². The van der Waals surface area contributed by atoms with E-state index in [1.807, 2.05) is 47.4 Å². The van der Waals surface area contributed by atoms with E-state index >= 15 is 0 Å². The molecule has 0 aliphatic heterocycles. The zero-order valence-corrected chi connectivity index (χ0v) is 21.9. The van der Waals surface area contributed by atoms with Crippen LogP contribution >= 0.6 is 0 Å². The number of amides is 3. The van der Waals surface area contributed by atoms with Gasteiger partial charge >= 0.3 is 0 Å². The lowest BCUT2D eigenvalue weighted by Gasteiger charge is -2.21. The average molecular weight is 501 g/mol. The SMILES string of the molecule is CCCN(CCC)C(=O)c1cccc(NCC(=O)Nc2cccc(C(=O)N(C)Cc3ccccc3)c2)c1. The van der Waals surface area contributed by atoms with Crippen LogP contribution in [-0.4, -0.2) is 54.2 Å². The first-order chi connectivity index (χ1) is 17.9. The van der Waals surface area contributed by atoms with Crippen molar-refractivity contribution in [3.05, 3.63) is 95.6 Å². The Morgan fingerprint density at radius 2 is 1.32 bits per heavy atom. The van der Waals surface area contributed by atoms with Gasteiger partial charge in [0, 0.05) is 49.2 Å². The molecular formula is C30H36N4O3. The van der Waals surface area contributed by atoms with Crippen LogP contribution in [-0.2, 0) is 11.3 Å². The summed E-state index contributed by atoms with van der Waals surface area (Å²) in [4.78, 5) is 41.9. The van der Waals surface area contributed by atoms with Crippen LogP contribution in [0.4, 0.5) is 11.4 Å². The van der Waals surface area contributed by atoms with E-state index in [0.717, 1.165) is 31.5 Å². The van der Waals surface area contributed by atoms with Gasteiger partial charge in [-0.2, -0.15) is 0 Å². The number of anilines is 2. The minimum Gasteiger partial charge on any atom is -0.376 e. The Labute approximate surface area is 219 Å². The maximum Gasteiger partial charge on any atom is 0.253 e. The molecule has 3 rings (SSSR count). The van der Waals surface area contributed by atoms with Gasteiger partial charge in [-0.05, 0) is 54.8 Å². The number of hydrogen-bond donors (Lipinski definition) is 2. The Kier molecular flexibility index (Phi) is 10.3. The van der Waals surface area contributed by atoms with Gasteiger partial charge in [0.25, 0.3) is 11.8 Å². The topological polar surface area (TPSA) is 81.8 Å². The Hall–Kier alpha value is -4.13. The third kappa shape index (κ3) is 8.20. The summed E-state index contributed by atoms with van der Waals surface area (Å²) in [7, 11) is 1.76. The maximum absolute atomic E-state index is 12.9. The first-order valence-corrected chi connectivity index (χ1v) is 12.7. The largest absolute Gasteiger partial charge is 0.376 e. The molecule has 3 amide bonds. The summed E-state index contributed by atoms with van der Waals surface area (Å²) in [5.74, 6) is -0.382. The molecule has 0 spiro atoms. The van der Waals surface area contributed by atoms with Gasteiger partial charge in [0.1, 0.15) is 0 Å². The second kappa shape index (κ2) is 13.8. The molecule has 194 valence electrons. The second-order valence-electron chi connectivity index (χ2n) is 9.00. The number of carbonyl (C=O) groups excluding carboxylic acids is 3. The molecule has 2 N–H and O–H groups in total. The van der Waals surface area contributed by atoms with Gasteiger partial charge in [-0.1, -0.05) is 56.3 Å². The van der Waals surface area contributed by atoms with Crippen molar-refractivity contribution in [3.8, 4) is 0 Å². The smallest absolute Gasteiger partial charge is 0.253 e. The summed E-state index contributed by atoms with van der Waals surface area (Å²) >= 11 is 0. The predicted molar refractivity (Wildman–Crippen MR) is 149 cm³/mol. The van der Waals surface area contributed by atoms with Crippen molar-refractivity contribution in [2.75, 3.05) is 37.3 Å². The van der Waals surface area contributed by atoms with Gasteiger partial charge in [-0.15, -0.1) is 0 Å². The van der Waals surface area contributed by atoms with Gasteiger partial charge in [0.15, 0.2) is 0 Å². The van der Waals surface area contributed by atoms with E-state index in [4.69, 9.17) is 0 Å². The van der Waals surface area contributed by atoms with Crippen LogP contribution in [0.3, 0.4) is 0 Å². The van der Waals surface area contributed by atoms with Gasteiger partial charge < -0.3 is 20.4 Å². The van der Waals surface area contributed by atoms with Crippen molar-refractivity contribution in [1.29, 1.82) is 0 Å². The molecule has 37 heavy (non-hydrogen) atoms. The van der Waals surface area contributed by atoms with Crippen molar-refractivity contribution < 1.29 is 14.4 Å². The number of nitrogens with zero attached hydrogens (tertiary/aromatic N) is 2. The molecular weight excluding hydrogens is 464 g/mol. The molecule has 0 bridgehead atoms. The van der Waals surface area contributed by atoms with E-state index in [-0.39, 0.29) is 24.3 Å². The molecule has 0 aliphatic rings. The second-order valence-corrected chi connectivity index (χ2v) is 9.00. The summed E-state index contributed by atoms with van der Waals surface area (Å²) < 4.78 is 0. The summed E-state index contributed by atoms with van der Waals surface area (Å²) in [6, 6.07) is 23.9. The fraction of sp³-hybridized carbons (Fsp3) is 0.300. The molecule has 3 aromatic carbocycles. The summed E-state index contributed by atoms with van der Waals surface area (Å²) in [6.07, 6.45) is 1.81. The Morgan fingerprint density at radius 1 is 0.730 bits per heavy atom. The van der Waals surface area contributed by atoms with Gasteiger partial charge in [-0.25, -0.2) is 0 Å². The van der Waals surface area contributed by atoms with Crippen LogP contribution in [0.25, 0.3) is 0 Å². The van der Waals surface area contributed by atoms with Gasteiger partial charge in [0.05, 0.1) is 6.54 Å². The highest BCUT2D eigenvalue weighted by atomic mass is 16.2. The van der Waals surface area contributed by atoms with Crippen molar-refractivity contribution in [1.82, 2.24) is 9.80 Å². The molecule has 0 saturated heterocycles. The molecule has 3 aromatic rings. The Morgan fingerprint density at radius 3 is 1.97 bits per heavy atom. The fourth-order valence-corrected chi connectivity index (χ4v) is 4.07. The molecule has 0 heterocycles. The monoisotopic (exact) mass is 500 g/mol. The lowest BCUT2D eigenvalue weighted by molar-refractivity contribution is -0.114. The molecule has 7 nitrogen and oxygen atoms in total. The summed E-state index contributed by atoms with van der Waals surface area (Å²) in [5, 5.41) is 5.93. The molecule has 0 aliphatic carbocycles. The minimum absolute atomic E-state index is 0.00415. The molecule has 0 atom stereocenters. The third-order valence-electron chi connectivity index (χ3n) is 5.84. The lowest BCUT2D eigenvalue weighted by Crippen LogP contribution is -2.32. The number of rotatable bonds is 12. The normalized spacial score (nSPS) is 10.5. The predicted octanol–water partition coefficient (Wildman–Crippen LogP) is 5.27. The lowest BCUT2D eigenvalue weighted by atomic mass is 10.1. The van der Waals surface area contributed by atoms with E-state index in [2.05, 4.69) is 24.5 Å². The van der Waals surface area contributed by atoms with E-state index < -0.39 is 0 Å². The molecule has 0 aromatic heterocycles. The maximum atomic E-state index is 12.9. The molecule has 0 fully saturated rings. The summed E-state index contributed by atoms with van der Waals surface area (Å²) in [5.41, 5.74) is 3.38. The van der Waals surface area contributed by atoms with Crippen molar-refractivity contribution in [3.63, 3.8) is 0 Å². The van der Waals surface area contributed by atoms with E-state index in [0.29, 0.717) is 29.0 Å². The standard InChI is InChI=1S/C30H36N4O3/c1-4-17-34(18-5-2)30(37)25-14-9-15-26(19-25)31-21-28(35)32-27-16-10-13-24(20-27)29(36)33(3)22-23-11-7-6-8-12-23/h6-16,19-20,31H,4-5,17-18,21-22H2,1-3H3,(H,32,35). The number of nitrogens with one attached hydrogen (secondary N) is 2. The van der Waals surface area contributed by atoms with Gasteiger partial charge in [-0.3, -0.25) is 14.4 Å². The van der Waals surface area contributed by atoms with Crippen LogP contribution in [0.5, 0.6) is 0 Å².